The molecule has 3 aliphatic rings. The number of aromatic nitrogens is 2. The van der Waals surface area contributed by atoms with Gasteiger partial charge in [0.2, 0.25) is 5.91 Å². The van der Waals surface area contributed by atoms with Crippen LogP contribution in [-0.2, 0) is 28.1 Å². The lowest BCUT2D eigenvalue weighted by atomic mass is 9.79. The van der Waals surface area contributed by atoms with Gasteiger partial charge in [-0.1, -0.05) is 42.8 Å². The lowest BCUT2D eigenvalue weighted by Gasteiger charge is -2.40. The number of likely N-dealkylation sites (N-methyl/N-ethyl adjacent to an activating group) is 1. The number of benzene rings is 2. The molecule has 0 unspecified atom stereocenters. The SMILES string of the molecule is CN1CCC[C@@H]1COc1nc2c(c(N3CCC(C)(C(=O)NS(=O)(=O)O)CC3)n1)CCN(c1cccc3cccc(Cl)c13)C2. The van der Waals surface area contributed by atoms with Crippen LogP contribution in [-0.4, -0.2) is 79.6 Å². The van der Waals surface area contributed by atoms with Gasteiger partial charge in [0.15, 0.2) is 0 Å². The molecule has 2 saturated heterocycles. The standard InChI is InChI=1S/C30H37ClN6O5S/c1-30(28(38)34-43(39,40)41)12-16-36(17-13-30)27-22-11-15-37(25-10-4-7-20-6-3-9-23(31)26(20)25)18-24(22)32-29(33-27)42-19-21-8-5-14-35(21)2/h3-4,6-7,9-10,21H,5,8,11-19H2,1-2H3,(H,34,38)(H,39,40,41)/t21-/m1/s1. The fraction of sp³-hybridized carbons (Fsp3) is 0.500. The lowest BCUT2D eigenvalue weighted by Crippen LogP contribution is -2.49. The Morgan fingerprint density at radius 3 is 2.56 bits per heavy atom. The highest BCUT2D eigenvalue weighted by Gasteiger charge is 2.40. The third-order valence-corrected chi connectivity index (χ3v) is 9.97. The molecule has 0 saturated carbocycles. The zero-order chi connectivity index (χ0) is 30.4. The number of anilines is 2. The van der Waals surface area contributed by atoms with Crippen LogP contribution >= 0.6 is 11.6 Å². The first kappa shape index (κ1) is 29.9. The number of halogens is 1. The Hall–Kier alpha value is -3.19. The number of fused-ring (bicyclic) bond motifs is 2. The summed E-state index contributed by atoms with van der Waals surface area (Å²) in [6, 6.07) is 12.8. The average molecular weight is 629 g/mol. The summed E-state index contributed by atoms with van der Waals surface area (Å²) in [5, 5.41) is 2.81. The lowest BCUT2D eigenvalue weighted by molar-refractivity contribution is -0.129. The normalized spacial score (nSPS) is 20.7. The Morgan fingerprint density at radius 1 is 1.12 bits per heavy atom. The number of hydrogen-bond donors (Lipinski definition) is 2. The van der Waals surface area contributed by atoms with Crippen molar-refractivity contribution in [2.24, 2.45) is 5.41 Å². The first-order valence-corrected chi connectivity index (χ1v) is 16.5. The number of hydrogen-bond acceptors (Lipinski definition) is 9. The van der Waals surface area contributed by atoms with Gasteiger partial charge in [-0.15, -0.1) is 0 Å². The largest absolute Gasteiger partial charge is 0.462 e. The summed E-state index contributed by atoms with van der Waals surface area (Å²) >= 11 is 6.67. The maximum absolute atomic E-state index is 12.7. The molecule has 1 atom stereocenters. The quantitative estimate of drug-likeness (QED) is 0.372. The number of ether oxygens (including phenoxy) is 1. The molecule has 6 rings (SSSR count). The van der Waals surface area contributed by atoms with E-state index in [4.69, 9.17) is 30.9 Å². The molecule has 2 N–H and O–H groups in total. The molecule has 3 aliphatic heterocycles. The summed E-state index contributed by atoms with van der Waals surface area (Å²) in [7, 11) is -2.52. The first-order chi connectivity index (χ1) is 20.5. The van der Waals surface area contributed by atoms with Crippen molar-refractivity contribution in [2.75, 3.05) is 49.6 Å². The highest BCUT2D eigenvalue weighted by atomic mass is 35.5. The Labute approximate surface area is 257 Å². The number of piperidine rings is 1. The number of nitrogens with one attached hydrogen (secondary N) is 1. The zero-order valence-electron chi connectivity index (χ0n) is 24.4. The van der Waals surface area contributed by atoms with Crippen LogP contribution in [0.15, 0.2) is 36.4 Å². The molecule has 0 radical (unpaired) electrons. The van der Waals surface area contributed by atoms with Crippen LogP contribution in [0, 0.1) is 5.41 Å². The van der Waals surface area contributed by atoms with Crippen LogP contribution in [0.4, 0.5) is 11.5 Å². The van der Waals surface area contributed by atoms with Crippen LogP contribution in [0.1, 0.15) is 43.9 Å². The Bertz CT molecular complexity index is 1640. The minimum Gasteiger partial charge on any atom is -0.462 e. The van der Waals surface area contributed by atoms with Crippen LogP contribution in [0.25, 0.3) is 10.8 Å². The Kier molecular flexibility index (Phi) is 8.14. The van der Waals surface area contributed by atoms with Crippen LogP contribution in [0.3, 0.4) is 0 Å². The van der Waals surface area contributed by atoms with Crippen molar-refractivity contribution >= 4 is 50.1 Å². The van der Waals surface area contributed by atoms with Crippen molar-refractivity contribution in [1.82, 2.24) is 19.6 Å². The predicted octanol–water partition coefficient (Wildman–Crippen LogP) is 3.84. The van der Waals surface area contributed by atoms with Crippen LogP contribution in [0.5, 0.6) is 6.01 Å². The summed E-state index contributed by atoms with van der Waals surface area (Å²) in [4.78, 5) is 29.2. The second-order valence-electron chi connectivity index (χ2n) is 12.1. The van der Waals surface area contributed by atoms with Crippen molar-refractivity contribution in [3.63, 3.8) is 0 Å². The molecule has 230 valence electrons. The van der Waals surface area contributed by atoms with E-state index in [1.807, 2.05) is 18.2 Å². The van der Waals surface area contributed by atoms with Gasteiger partial charge in [0.1, 0.15) is 12.4 Å². The number of rotatable bonds is 7. The molecule has 2 aromatic carbocycles. The summed E-state index contributed by atoms with van der Waals surface area (Å²) < 4.78 is 39.7. The maximum atomic E-state index is 12.7. The van der Waals surface area contributed by atoms with Crippen molar-refractivity contribution in [1.29, 1.82) is 0 Å². The van der Waals surface area contributed by atoms with Gasteiger partial charge in [-0.05, 0) is 63.2 Å². The van der Waals surface area contributed by atoms with Gasteiger partial charge >= 0.3 is 16.3 Å². The van der Waals surface area contributed by atoms with Gasteiger partial charge in [0, 0.05) is 42.3 Å². The molecule has 13 heteroatoms. The molecule has 43 heavy (non-hydrogen) atoms. The summed E-state index contributed by atoms with van der Waals surface area (Å²) in [6.07, 6.45) is 3.73. The van der Waals surface area contributed by atoms with Gasteiger partial charge in [-0.3, -0.25) is 9.35 Å². The molecule has 0 bridgehead atoms. The number of amides is 1. The summed E-state index contributed by atoms with van der Waals surface area (Å²) in [5.74, 6) is 0.0982. The molecule has 1 amide bonds. The molecule has 2 fully saturated rings. The Balaban J connectivity index is 1.29. The number of carbonyl (C=O) groups is 1. The van der Waals surface area contributed by atoms with Crippen LogP contribution < -0.4 is 19.3 Å². The maximum Gasteiger partial charge on any atom is 0.359 e. The van der Waals surface area contributed by atoms with Gasteiger partial charge in [0.05, 0.1) is 22.7 Å². The van der Waals surface area contributed by atoms with E-state index in [1.54, 1.807) is 11.6 Å². The second-order valence-corrected chi connectivity index (χ2v) is 13.6. The topological polar surface area (TPSA) is 128 Å². The Morgan fingerprint density at radius 2 is 1.86 bits per heavy atom. The van der Waals surface area contributed by atoms with Gasteiger partial charge < -0.3 is 19.4 Å². The molecule has 3 aromatic rings. The van der Waals surface area contributed by atoms with Gasteiger partial charge in [-0.25, -0.2) is 4.72 Å². The minimum atomic E-state index is -4.62. The molecule has 0 spiro atoms. The fourth-order valence-corrected chi connectivity index (χ4v) is 7.26. The predicted molar refractivity (Wildman–Crippen MR) is 166 cm³/mol. The van der Waals surface area contributed by atoms with E-state index in [-0.39, 0.29) is 0 Å². The van der Waals surface area contributed by atoms with Gasteiger partial charge in [0.25, 0.3) is 0 Å². The van der Waals surface area contributed by atoms with Crippen molar-refractivity contribution in [2.45, 2.75) is 51.6 Å². The highest BCUT2D eigenvalue weighted by molar-refractivity contribution is 7.84. The van der Waals surface area contributed by atoms with Crippen molar-refractivity contribution in [3.05, 3.63) is 52.7 Å². The zero-order valence-corrected chi connectivity index (χ0v) is 26.0. The van der Waals surface area contributed by atoms with Crippen molar-refractivity contribution in [3.8, 4) is 6.01 Å². The van der Waals surface area contributed by atoms with E-state index in [9.17, 15) is 13.2 Å². The summed E-state index contributed by atoms with van der Waals surface area (Å²) in [5.41, 5.74) is 2.07. The number of likely N-dealkylation sites (tertiary alicyclic amines) is 1. The van der Waals surface area contributed by atoms with E-state index in [2.05, 4.69) is 39.9 Å². The monoisotopic (exact) mass is 628 g/mol. The number of nitrogens with zero attached hydrogens (tertiary/aromatic N) is 5. The average Bonchev–Trinajstić information content (AvgIpc) is 3.39. The third-order valence-electron chi connectivity index (χ3n) is 9.21. The minimum absolute atomic E-state index is 0.314. The highest BCUT2D eigenvalue weighted by Crippen LogP contribution is 2.39. The first-order valence-electron chi connectivity index (χ1n) is 14.7. The van der Waals surface area contributed by atoms with E-state index >= 15 is 0 Å². The van der Waals surface area contributed by atoms with E-state index in [0.717, 1.165) is 59.5 Å². The molecule has 0 aliphatic carbocycles. The summed E-state index contributed by atoms with van der Waals surface area (Å²) in [6.45, 7) is 5.58. The van der Waals surface area contributed by atoms with Crippen LogP contribution in [0.2, 0.25) is 5.02 Å². The third kappa shape index (κ3) is 6.24. The molecular weight excluding hydrogens is 592 g/mol. The van der Waals surface area contributed by atoms with Gasteiger partial charge in [-0.2, -0.15) is 18.4 Å². The van der Waals surface area contributed by atoms with E-state index in [0.29, 0.717) is 62.6 Å². The molecular formula is C30H37ClN6O5S. The molecule has 4 heterocycles. The van der Waals surface area contributed by atoms with Crippen molar-refractivity contribution < 1.29 is 22.5 Å². The smallest absolute Gasteiger partial charge is 0.359 e. The molecule has 1 aromatic heterocycles. The molecule has 11 nitrogen and oxygen atoms in total. The van der Waals surface area contributed by atoms with E-state index < -0.39 is 21.6 Å². The fourth-order valence-electron chi connectivity index (χ4n) is 6.50. The van der Waals surface area contributed by atoms with E-state index in [1.165, 1.54) is 0 Å². The number of carbonyl (C=O) groups excluding carboxylic acids is 1. The second kappa shape index (κ2) is 11.7.